The second kappa shape index (κ2) is 10.2. The molecule has 2 atom stereocenters. The number of carbonyl (C=O) groups excluding carboxylic acids is 1. The van der Waals surface area contributed by atoms with Crippen LogP contribution in [-0.4, -0.2) is 77.5 Å². The monoisotopic (exact) mass is 482 g/mol. The van der Waals surface area contributed by atoms with Gasteiger partial charge in [-0.15, -0.1) is 0 Å². The van der Waals surface area contributed by atoms with E-state index in [1.165, 1.54) is 11.3 Å². The molecule has 3 aliphatic rings. The molecular formula is C26H35ClN6O. The number of hydrogen-bond acceptors (Lipinski definition) is 6. The van der Waals surface area contributed by atoms with Gasteiger partial charge in [0.15, 0.2) is 0 Å². The Labute approximate surface area is 207 Å². The van der Waals surface area contributed by atoms with Crippen LogP contribution in [0.4, 0.5) is 5.82 Å². The normalized spacial score (nSPS) is 22.6. The van der Waals surface area contributed by atoms with E-state index in [9.17, 15) is 4.79 Å². The number of benzene rings is 1. The predicted octanol–water partition coefficient (Wildman–Crippen LogP) is 3.04. The number of rotatable bonds is 5. The third kappa shape index (κ3) is 4.92. The van der Waals surface area contributed by atoms with E-state index in [4.69, 9.17) is 17.3 Å². The van der Waals surface area contributed by atoms with Gasteiger partial charge in [-0.2, -0.15) is 0 Å². The maximum absolute atomic E-state index is 13.8. The van der Waals surface area contributed by atoms with E-state index >= 15 is 0 Å². The molecular weight excluding hydrogens is 448 g/mol. The summed E-state index contributed by atoms with van der Waals surface area (Å²) in [5.41, 5.74) is 9.65. The number of fused-ring (bicyclic) bond motifs is 1. The lowest BCUT2D eigenvalue weighted by Crippen LogP contribution is -2.52. The first-order chi connectivity index (χ1) is 16.5. The Balaban J connectivity index is 1.29. The molecule has 5 rings (SSSR count). The number of piperidine rings is 1. The van der Waals surface area contributed by atoms with Crippen LogP contribution in [0.1, 0.15) is 54.8 Å². The zero-order valence-electron chi connectivity index (χ0n) is 20.0. The number of carbonyl (C=O) groups is 1. The summed E-state index contributed by atoms with van der Waals surface area (Å²) in [6.07, 6.45) is 5.85. The number of anilines is 1. The van der Waals surface area contributed by atoms with E-state index in [0.29, 0.717) is 24.0 Å². The first-order valence-electron chi connectivity index (χ1n) is 12.6. The molecule has 7 nitrogen and oxygen atoms in total. The highest BCUT2D eigenvalue weighted by atomic mass is 35.5. The minimum absolute atomic E-state index is 0.193. The number of amides is 1. The summed E-state index contributed by atoms with van der Waals surface area (Å²) >= 11 is 6.14. The average Bonchev–Trinajstić information content (AvgIpc) is 3.25. The molecule has 0 radical (unpaired) electrons. The second-order valence-electron chi connectivity index (χ2n) is 10.1. The Kier molecular flexibility index (Phi) is 7.04. The van der Waals surface area contributed by atoms with Gasteiger partial charge in [0, 0.05) is 55.0 Å². The van der Waals surface area contributed by atoms with E-state index in [2.05, 4.69) is 26.7 Å². The fraction of sp³-hybridized carbons (Fsp3) is 0.577. The molecule has 1 aromatic heterocycles. The number of halogens is 1. The molecule has 2 aromatic rings. The van der Waals surface area contributed by atoms with Gasteiger partial charge < -0.3 is 20.4 Å². The summed E-state index contributed by atoms with van der Waals surface area (Å²) < 4.78 is 0. The standard InChI is InChI=1S/C26H35ClN6O/c1-18-2-7-23-24(18)25(30-17-29-23)32-12-14-33(15-13-32)26(34)22(19-3-5-20(27)6-4-19)16-31-10-8-21(28)9-11-31/h3-6,17-18,21-22H,2,7-16,28H2,1H3/t18-,22-/m1/s1. The van der Waals surface area contributed by atoms with Gasteiger partial charge in [-0.25, -0.2) is 9.97 Å². The van der Waals surface area contributed by atoms with Crippen LogP contribution in [0.5, 0.6) is 0 Å². The molecule has 3 heterocycles. The van der Waals surface area contributed by atoms with E-state index in [1.54, 1.807) is 6.33 Å². The molecule has 0 bridgehead atoms. The van der Waals surface area contributed by atoms with Crippen molar-refractivity contribution in [2.24, 2.45) is 5.73 Å². The maximum Gasteiger partial charge on any atom is 0.231 e. The van der Waals surface area contributed by atoms with E-state index in [0.717, 1.165) is 69.8 Å². The smallest absolute Gasteiger partial charge is 0.231 e. The van der Waals surface area contributed by atoms with E-state index < -0.39 is 0 Å². The predicted molar refractivity (Wildman–Crippen MR) is 135 cm³/mol. The van der Waals surface area contributed by atoms with Crippen molar-refractivity contribution in [2.75, 3.05) is 50.7 Å². The number of aromatic nitrogens is 2. The van der Waals surface area contributed by atoms with Crippen molar-refractivity contribution in [3.8, 4) is 0 Å². The summed E-state index contributed by atoms with van der Waals surface area (Å²) in [4.78, 5) is 29.7. The summed E-state index contributed by atoms with van der Waals surface area (Å²) in [6, 6.07) is 8.06. The molecule has 0 saturated carbocycles. The van der Waals surface area contributed by atoms with Crippen LogP contribution in [0.15, 0.2) is 30.6 Å². The lowest BCUT2D eigenvalue weighted by Gasteiger charge is -2.39. The minimum atomic E-state index is -0.193. The van der Waals surface area contributed by atoms with Gasteiger partial charge in [-0.3, -0.25) is 4.79 Å². The van der Waals surface area contributed by atoms with Gasteiger partial charge in [-0.05, 0) is 62.4 Å². The van der Waals surface area contributed by atoms with Gasteiger partial charge in [0.2, 0.25) is 5.91 Å². The number of nitrogens with zero attached hydrogens (tertiary/aromatic N) is 5. The lowest BCUT2D eigenvalue weighted by atomic mass is 9.95. The number of hydrogen-bond donors (Lipinski definition) is 1. The van der Waals surface area contributed by atoms with Crippen molar-refractivity contribution in [1.82, 2.24) is 19.8 Å². The molecule has 0 spiro atoms. The van der Waals surface area contributed by atoms with Crippen molar-refractivity contribution in [1.29, 1.82) is 0 Å². The van der Waals surface area contributed by atoms with Crippen LogP contribution in [0.2, 0.25) is 5.02 Å². The zero-order valence-corrected chi connectivity index (χ0v) is 20.8. The lowest BCUT2D eigenvalue weighted by molar-refractivity contribution is -0.133. The van der Waals surface area contributed by atoms with Crippen LogP contribution >= 0.6 is 11.6 Å². The van der Waals surface area contributed by atoms with Crippen molar-refractivity contribution in [3.05, 3.63) is 52.4 Å². The Hall–Kier alpha value is -2.22. The Morgan fingerprint density at radius 3 is 2.47 bits per heavy atom. The van der Waals surface area contributed by atoms with Crippen LogP contribution in [0.25, 0.3) is 0 Å². The highest BCUT2D eigenvalue weighted by Gasteiger charge is 2.33. The number of aryl methyl sites for hydroxylation is 1. The van der Waals surface area contributed by atoms with Gasteiger partial charge in [0.25, 0.3) is 0 Å². The summed E-state index contributed by atoms with van der Waals surface area (Å²) in [5, 5.41) is 0.694. The topological polar surface area (TPSA) is 78.6 Å². The minimum Gasteiger partial charge on any atom is -0.353 e. The third-order valence-electron chi connectivity index (χ3n) is 7.79. The molecule has 34 heavy (non-hydrogen) atoms. The molecule has 2 N–H and O–H groups in total. The van der Waals surface area contributed by atoms with E-state index in [1.807, 2.05) is 29.2 Å². The van der Waals surface area contributed by atoms with E-state index in [-0.39, 0.29) is 17.9 Å². The number of likely N-dealkylation sites (tertiary alicyclic amines) is 1. The Bertz CT molecular complexity index is 999. The number of piperazine rings is 1. The molecule has 0 unspecified atom stereocenters. The molecule has 182 valence electrons. The Morgan fingerprint density at radius 2 is 1.76 bits per heavy atom. The summed E-state index contributed by atoms with van der Waals surface area (Å²) in [7, 11) is 0. The van der Waals surface area contributed by atoms with Crippen molar-refractivity contribution in [3.63, 3.8) is 0 Å². The molecule has 2 saturated heterocycles. The molecule has 1 aliphatic carbocycles. The van der Waals surface area contributed by atoms with Crippen molar-refractivity contribution < 1.29 is 4.79 Å². The fourth-order valence-electron chi connectivity index (χ4n) is 5.65. The molecule has 1 aromatic carbocycles. The SMILES string of the molecule is C[C@@H]1CCc2ncnc(N3CCN(C(=O)[C@H](CN4CCC(N)CC4)c4ccc(Cl)cc4)CC3)c21. The summed E-state index contributed by atoms with van der Waals surface area (Å²) in [5.74, 6) is 1.58. The largest absolute Gasteiger partial charge is 0.353 e. The fourth-order valence-corrected chi connectivity index (χ4v) is 5.77. The number of nitrogens with two attached hydrogens (primary N) is 1. The molecule has 2 fully saturated rings. The highest BCUT2D eigenvalue weighted by molar-refractivity contribution is 6.30. The zero-order chi connectivity index (χ0) is 23.7. The van der Waals surface area contributed by atoms with Crippen LogP contribution in [0, 0.1) is 0 Å². The van der Waals surface area contributed by atoms with Gasteiger partial charge >= 0.3 is 0 Å². The maximum atomic E-state index is 13.8. The second-order valence-corrected chi connectivity index (χ2v) is 10.5. The van der Waals surface area contributed by atoms with Crippen molar-refractivity contribution in [2.45, 2.75) is 50.5 Å². The van der Waals surface area contributed by atoms with Crippen molar-refractivity contribution >= 4 is 23.3 Å². The first-order valence-corrected chi connectivity index (χ1v) is 13.0. The highest BCUT2D eigenvalue weighted by Crippen LogP contribution is 2.37. The van der Waals surface area contributed by atoms with Crippen LogP contribution < -0.4 is 10.6 Å². The van der Waals surface area contributed by atoms with Gasteiger partial charge in [0.05, 0.1) is 5.92 Å². The third-order valence-corrected chi connectivity index (χ3v) is 8.04. The van der Waals surface area contributed by atoms with Crippen LogP contribution in [0.3, 0.4) is 0 Å². The first kappa shape index (κ1) is 23.5. The average molecular weight is 483 g/mol. The molecule has 2 aliphatic heterocycles. The molecule has 1 amide bonds. The Morgan fingerprint density at radius 1 is 1.06 bits per heavy atom. The quantitative estimate of drug-likeness (QED) is 0.705. The van der Waals surface area contributed by atoms with Gasteiger partial charge in [-0.1, -0.05) is 30.7 Å². The van der Waals surface area contributed by atoms with Crippen LogP contribution in [-0.2, 0) is 11.2 Å². The van der Waals surface area contributed by atoms with Gasteiger partial charge in [0.1, 0.15) is 12.1 Å². The summed E-state index contributed by atoms with van der Waals surface area (Å²) in [6.45, 7) is 7.91. The molecule has 8 heteroatoms.